The summed E-state index contributed by atoms with van der Waals surface area (Å²) in [7, 11) is 0. The Morgan fingerprint density at radius 1 is 1.12 bits per heavy atom. The summed E-state index contributed by atoms with van der Waals surface area (Å²) in [4.78, 5) is 25.0. The number of H-pyrrole nitrogens is 1. The van der Waals surface area contributed by atoms with Gasteiger partial charge in [-0.05, 0) is 42.5 Å². The average molecular weight is 448 g/mol. The Kier molecular flexibility index (Phi) is 6.86. The molecule has 2 heterocycles. The Hall–Kier alpha value is -3.49. The third-order valence-corrected chi connectivity index (χ3v) is 5.45. The molecule has 4 aromatic rings. The molecule has 0 aliphatic rings. The molecule has 2 aromatic carbocycles. The second kappa shape index (κ2) is 9.97. The molecule has 4 N–H and O–H groups in total. The summed E-state index contributed by atoms with van der Waals surface area (Å²) in [6.45, 7) is 6.25. The first-order valence-corrected chi connectivity index (χ1v) is 11.1. The molecule has 0 aliphatic heterocycles. The van der Waals surface area contributed by atoms with Crippen LogP contribution in [0, 0.1) is 5.92 Å². The van der Waals surface area contributed by atoms with Gasteiger partial charge < -0.3 is 20.1 Å². The lowest BCUT2D eigenvalue weighted by atomic mass is 10.0. The summed E-state index contributed by atoms with van der Waals surface area (Å²) in [5.41, 5.74) is 2.37. The first-order chi connectivity index (χ1) is 16.0. The molecule has 8 nitrogen and oxygen atoms in total. The van der Waals surface area contributed by atoms with Crippen LogP contribution in [0.15, 0.2) is 54.6 Å². The molecule has 8 heteroatoms. The lowest BCUT2D eigenvalue weighted by Crippen LogP contribution is -2.36. The van der Waals surface area contributed by atoms with E-state index in [1.54, 1.807) is 6.92 Å². The van der Waals surface area contributed by atoms with Gasteiger partial charge >= 0.3 is 5.97 Å². The van der Waals surface area contributed by atoms with Gasteiger partial charge in [-0.1, -0.05) is 44.2 Å². The largest absolute Gasteiger partial charge is 0.464 e. The maximum atomic E-state index is 12.5. The van der Waals surface area contributed by atoms with Crippen LogP contribution < -0.4 is 10.6 Å². The second-order valence-electron chi connectivity index (χ2n) is 8.22. The van der Waals surface area contributed by atoms with Crippen molar-refractivity contribution in [3.63, 3.8) is 0 Å². The van der Waals surface area contributed by atoms with Crippen LogP contribution in [0.4, 0.5) is 5.82 Å². The zero-order valence-corrected chi connectivity index (χ0v) is 19.0. The predicted molar refractivity (Wildman–Crippen MR) is 129 cm³/mol. The van der Waals surface area contributed by atoms with E-state index in [2.05, 4.69) is 25.6 Å². The molecule has 0 saturated carbocycles. The summed E-state index contributed by atoms with van der Waals surface area (Å²) < 4.78 is 5.24. The Bertz CT molecular complexity index is 1220. The molecule has 0 spiro atoms. The minimum Gasteiger partial charge on any atom is -0.464 e. The molecule has 0 radical (unpaired) electrons. The molecule has 0 amide bonds. The highest BCUT2D eigenvalue weighted by Gasteiger charge is 2.25. The summed E-state index contributed by atoms with van der Waals surface area (Å²) in [6, 6.07) is 16.8. The fourth-order valence-corrected chi connectivity index (χ4v) is 3.73. The number of aromatic nitrogens is 3. The molecule has 0 bridgehead atoms. The van der Waals surface area contributed by atoms with Gasteiger partial charge in [0.15, 0.2) is 0 Å². The van der Waals surface area contributed by atoms with Gasteiger partial charge in [0.25, 0.3) is 0 Å². The maximum absolute atomic E-state index is 12.5. The van der Waals surface area contributed by atoms with E-state index in [1.165, 1.54) is 0 Å². The number of nitrogens with zero attached hydrogens (tertiary/aromatic N) is 2. The standard InChI is InChI=1S/C25H29N5O3/c1-4-33-25(32)22(15(2)3)30-23-17-10-6-8-12-19(17)28-21(29-23)14-26-24(31)20-13-16-9-5-7-11-18(16)27-20/h5-13,15,22,24,26-27,31H,4,14H2,1-3H3,(H,28,29,30)/t22-,24?/m0/s1. The Morgan fingerprint density at radius 2 is 1.88 bits per heavy atom. The molecule has 0 aliphatic carbocycles. The maximum Gasteiger partial charge on any atom is 0.328 e. The number of ether oxygens (including phenoxy) is 1. The smallest absolute Gasteiger partial charge is 0.328 e. The molecule has 0 fully saturated rings. The van der Waals surface area contributed by atoms with Gasteiger partial charge in [-0.3, -0.25) is 5.32 Å². The molecule has 0 saturated heterocycles. The van der Waals surface area contributed by atoms with E-state index in [1.807, 2.05) is 68.4 Å². The molecule has 2 aromatic heterocycles. The number of anilines is 1. The molecular formula is C25H29N5O3. The van der Waals surface area contributed by atoms with Crippen LogP contribution in [0.5, 0.6) is 0 Å². The Labute approximate surface area is 192 Å². The number of aliphatic hydroxyl groups excluding tert-OH is 1. The number of benzene rings is 2. The zero-order valence-electron chi connectivity index (χ0n) is 19.0. The number of carbonyl (C=O) groups is 1. The fourth-order valence-electron chi connectivity index (χ4n) is 3.73. The van der Waals surface area contributed by atoms with Crippen molar-refractivity contribution in [2.45, 2.75) is 39.6 Å². The monoisotopic (exact) mass is 447 g/mol. The summed E-state index contributed by atoms with van der Waals surface area (Å²) in [5.74, 6) is 0.745. The van der Waals surface area contributed by atoms with E-state index in [0.717, 1.165) is 21.8 Å². The van der Waals surface area contributed by atoms with Gasteiger partial charge in [0, 0.05) is 10.9 Å². The number of hydrogen-bond donors (Lipinski definition) is 4. The van der Waals surface area contributed by atoms with E-state index in [0.29, 0.717) is 23.9 Å². The van der Waals surface area contributed by atoms with Gasteiger partial charge in [-0.25, -0.2) is 14.8 Å². The third kappa shape index (κ3) is 5.13. The normalized spacial score (nSPS) is 13.4. The number of aliphatic hydroxyl groups is 1. The van der Waals surface area contributed by atoms with Crippen LogP contribution in [0.25, 0.3) is 21.8 Å². The van der Waals surface area contributed by atoms with Crippen LogP contribution in [0.1, 0.15) is 38.5 Å². The molecule has 4 rings (SSSR count). The Balaban J connectivity index is 1.57. The number of carbonyl (C=O) groups excluding carboxylic acids is 1. The average Bonchev–Trinajstić information content (AvgIpc) is 3.25. The minimum absolute atomic E-state index is 0.00295. The van der Waals surface area contributed by atoms with Gasteiger partial charge in [0.05, 0.1) is 24.4 Å². The molecule has 33 heavy (non-hydrogen) atoms. The third-order valence-electron chi connectivity index (χ3n) is 5.45. The number of fused-ring (bicyclic) bond motifs is 2. The number of hydrogen-bond acceptors (Lipinski definition) is 7. The van der Waals surface area contributed by atoms with Gasteiger partial charge in [0.2, 0.25) is 0 Å². The van der Waals surface area contributed by atoms with Crippen molar-refractivity contribution in [2.75, 3.05) is 11.9 Å². The highest BCUT2D eigenvalue weighted by molar-refractivity contribution is 5.91. The lowest BCUT2D eigenvalue weighted by Gasteiger charge is -2.22. The second-order valence-corrected chi connectivity index (χ2v) is 8.22. The first-order valence-electron chi connectivity index (χ1n) is 11.1. The van der Waals surface area contributed by atoms with Crippen molar-refractivity contribution < 1.29 is 14.6 Å². The summed E-state index contributed by atoms with van der Waals surface area (Å²) in [6.07, 6.45) is -0.910. The van der Waals surface area contributed by atoms with E-state index < -0.39 is 12.3 Å². The minimum atomic E-state index is -0.910. The van der Waals surface area contributed by atoms with Gasteiger partial charge in [-0.15, -0.1) is 0 Å². The number of aromatic amines is 1. The molecule has 172 valence electrons. The number of rotatable bonds is 9. The van der Waals surface area contributed by atoms with Crippen LogP contribution in [-0.2, 0) is 16.1 Å². The summed E-state index contributed by atoms with van der Waals surface area (Å²) in [5, 5.41) is 18.8. The molecular weight excluding hydrogens is 418 g/mol. The van der Waals surface area contributed by atoms with Crippen molar-refractivity contribution in [3.8, 4) is 0 Å². The van der Waals surface area contributed by atoms with Crippen molar-refractivity contribution >= 4 is 33.6 Å². The van der Waals surface area contributed by atoms with E-state index >= 15 is 0 Å². The number of para-hydroxylation sites is 2. The topological polar surface area (TPSA) is 112 Å². The van der Waals surface area contributed by atoms with E-state index in [4.69, 9.17) is 4.74 Å². The van der Waals surface area contributed by atoms with Gasteiger partial charge in [-0.2, -0.15) is 0 Å². The van der Waals surface area contributed by atoms with Crippen molar-refractivity contribution in [1.82, 2.24) is 20.3 Å². The highest BCUT2D eigenvalue weighted by atomic mass is 16.5. The van der Waals surface area contributed by atoms with E-state index in [-0.39, 0.29) is 18.4 Å². The molecule has 1 unspecified atom stereocenters. The molecule has 2 atom stereocenters. The number of esters is 1. The van der Waals surface area contributed by atoms with Crippen LogP contribution in [-0.4, -0.2) is 38.7 Å². The van der Waals surface area contributed by atoms with E-state index in [9.17, 15) is 9.90 Å². The van der Waals surface area contributed by atoms with Crippen LogP contribution >= 0.6 is 0 Å². The fraction of sp³-hybridized carbons (Fsp3) is 0.320. The summed E-state index contributed by atoms with van der Waals surface area (Å²) >= 11 is 0. The Morgan fingerprint density at radius 3 is 2.64 bits per heavy atom. The SMILES string of the molecule is CCOC(=O)[C@@H](Nc1nc(CNC(O)c2cc3ccccc3[nH]2)nc2ccccc12)C(C)C. The van der Waals surface area contributed by atoms with Crippen LogP contribution in [0.3, 0.4) is 0 Å². The van der Waals surface area contributed by atoms with Crippen molar-refractivity contribution in [2.24, 2.45) is 5.92 Å². The highest BCUT2D eigenvalue weighted by Crippen LogP contribution is 2.23. The van der Waals surface area contributed by atoms with Gasteiger partial charge in [0.1, 0.15) is 23.9 Å². The predicted octanol–water partition coefficient (Wildman–Crippen LogP) is 3.89. The zero-order chi connectivity index (χ0) is 23.4. The quantitative estimate of drug-likeness (QED) is 0.227. The van der Waals surface area contributed by atoms with Crippen molar-refractivity contribution in [3.05, 3.63) is 66.1 Å². The van der Waals surface area contributed by atoms with Crippen LogP contribution in [0.2, 0.25) is 0 Å². The number of nitrogens with one attached hydrogen (secondary N) is 3. The first kappa shape index (κ1) is 22.7. The van der Waals surface area contributed by atoms with Crippen molar-refractivity contribution in [1.29, 1.82) is 0 Å². The lowest BCUT2D eigenvalue weighted by molar-refractivity contribution is -0.145.